The molecular formula is C15H26N2O. The molecule has 1 aliphatic carbocycles. The molecule has 1 amide bonds. The highest BCUT2D eigenvalue weighted by Gasteiger charge is 2.44. The number of carbonyl (C=O) groups excluding carboxylic acids is 1. The van der Waals surface area contributed by atoms with Gasteiger partial charge >= 0.3 is 0 Å². The summed E-state index contributed by atoms with van der Waals surface area (Å²) in [5.41, 5.74) is -0.0405. The molecule has 0 radical (unpaired) electrons. The molecule has 2 heterocycles. The van der Waals surface area contributed by atoms with Crippen LogP contribution in [-0.4, -0.2) is 36.0 Å². The Morgan fingerprint density at radius 2 is 1.94 bits per heavy atom. The van der Waals surface area contributed by atoms with E-state index in [2.05, 4.69) is 17.1 Å². The Bertz CT molecular complexity index is 316. The molecule has 3 heteroatoms. The number of rotatable bonds is 2. The van der Waals surface area contributed by atoms with E-state index in [-0.39, 0.29) is 5.41 Å². The van der Waals surface area contributed by atoms with E-state index in [1.807, 2.05) is 0 Å². The fourth-order valence-corrected chi connectivity index (χ4v) is 4.22. The van der Waals surface area contributed by atoms with Gasteiger partial charge in [-0.1, -0.05) is 19.8 Å². The van der Waals surface area contributed by atoms with Crippen LogP contribution in [-0.2, 0) is 4.79 Å². The van der Waals surface area contributed by atoms with Crippen molar-refractivity contribution in [2.24, 2.45) is 5.41 Å². The highest BCUT2D eigenvalue weighted by atomic mass is 16.2. The Labute approximate surface area is 110 Å². The molecule has 0 aromatic carbocycles. The van der Waals surface area contributed by atoms with Gasteiger partial charge < -0.3 is 10.2 Å². The fraction of sp³-hybridized carbons (Fsp3) is 0.933. The number of nitrogens with zero attached hydrogens (tertiary/aromatic N) is 1. The zero-order valence-corrected chi connectivity index (χ0v) is 11.6. The van der Waals surface area contributed by atoms with Crippen LogP contribution in [0.3, 0.4) is 0 Å². The van der Waals surface area contributed by atoms with Crippen molar-refractivity contribution in [3.05, 3.63) is 0 Å². The normalized spacial score (nSPS) is 35.3. The van der Waals surface area contributed by atoms with Gasteiger partial charge in [-0.25, -0.2) is 0 Å². The lowest BCUT2D eigenvalue weighted by atomic mass is 9.86. The molecule has 3 fully saturated rings. The monoisotopic (exact) mass is 250 g/mol. The van der Waals surface area contributed by atoms with Gasteiger partial charge in [-0.3, -0.25) is 4.79 Å². The lowest BCUT2D eigenvalue weighted by Gasteiger charge is -2.35. The molecule has 2 atom stereocenters. The van der Waals surface area contributed by atoms with Crippen molar-refractivity contribution < 1.29 is 4.79 Å². The average Bonchev–Trinajstić information content (AvgIpc) is 3.09. The van der Waals surface area contributed by atoms with E-state index in [4.69, 9.17) is 0 Å². The first-order valence-electron chi connectivity index (χ1n) is 7.75. The Morgan fingerprint density at radius 3 is 2.61 bits per heavy atom. The number of nitrogens with one attached hydrogen (secondary N) is 1. The van der Waals surface area contributed by atoms with Crippen LogP contribution in [0.25, 0.3) is 0 Å². The van der Waals surface area contributed by atoms with Crippen LogP contribution in [0.15, 0.2) is 0 Å². The van der Waals surface area contributed by atoms with E-state index < -0.39 is 0 Å². The molecule has 0 spiro atoms. The van der Waals surface area contributed by atoms with Crippen LogP contribution in [0.5, 0.6) is 0 Å². The maximum atomic E-state index is 12.8. The van der Waals surface area contributed by atoms with Gasteiger partial charge in [0.2, 0.25) is 5.91 Å². The number of hydrogen-bond donors (Lipinski definition) is 1. The van der Waals surface area contributed by atoms with E-state index >= 15 is 0 Å². The van der Waals surface area contributed by atoms with Gasteiger partial charge in [-0.05, 0) is 45.1 Å². The van der Waals surface area contributed by atoms with Crippen LogP contribution in [0.4, 0.5) is 0 Å². The third-order valence-electron chi connectivity index (χ3n) is 5.35. The van der Waals surface area contributed by atoms with Crippen molar-refractivity contribution in [1.29, 1.82) is 0 Å². The molecule has 1 N–H and O–H groups in total. The number of amides is 1. The summed E-state index contributed by atoms with van der Waals surface area (Å²) in [4.78, 5) is 15.1. The van der Waals surface area contributed by atoms with E-state index in [1.165, 1.54) is 38.5 Å². The molecule has 3 nitrogen and oxygen atoms in total. The Kier molecular flexibility index (Phi) is 3.35. The van der Waals surface area contributed by atoms with Crippen LogP contribution in [0.2, 0.25) is 0 Å². The average molecular weight is 250 g/mol. The SMILES string of the molecule is CC1(C(=O)N2CCCC2C2CCCN2)CCCC1. The topological polar surface area (TPSA) is 32.3 Å². The molecule has 1 saturated carbocycles. The lowest BCUT2D eigenvalue weighted by Crippen LogP contribution is -2.50. The molecule has 18 heavy (non-hydrogen) atoms. The quantitative estimate of drug-likeness (QED) is 0.815. The summed E-state index contributed by atoms with van der Waals surface area (Å²) >= 11 is 0. The second kappa shape index (κ2) is 4.84. The second-order valence-corrected chi connectivity index (χ2v) is 6.68. The highest BCUT2D eigenvalue weighted by molar-refractivity contribution is 5.83. The maximum absolute atomic E-state index is 12.8. The molecule has 3 rings (SSSR count). The van der Waals surface area contributed by atoms with Crippen LogP contribution >= 0.6 is 0 Å². The van der Waals surface area contributed by atoms with Gasteiger partial charge in [0.25, 0.3) is 0 Å². The molecule has 0 aromatic heterocycles. The summed E-state index contributed by atoms with van der Waals surface area (Å²) in [5, 5.41) is 3.59. The zero-order chi connectivity index (χ0) is 12.6. The first-order chi connectivity index (χ1) is 8.71. The first kappa shape index (κ1) is 12.5. The largest absolute Gasteiger partial charge is 0.338 e. The summed E-state index contributed by atoms with van der Waals surface area (Å²) < 4.78 is 0. The van der Waals surface area contributed by atoms with Crippen LogP contribution in [0.1, 0.15) is 58.3 Å². The van der Waals surface area contributed by atoms with Gasteiger partial charge in [0.15, 0.2) is 0 Å². The predicted octanol–water partition coefficient (Wildman–Crippen LogP) is 2.31. The Hall–Kier alpha value is -0.570. The third kappa shape index (κ3) is 2.07. The van der Waals surface area contributed by atoms with Crippen molar-refractivity contribution >= 4 is 5.91 Å². The summed E-state index contributed by atoms with van der Waals surface area (Å²) in [7, 11) is 0. The highest BCUT2D eigenvalue weighted by Crippen LogP contribution is 2.41. The third-order valence-corrected chi connectivity index (χ3v) is 5.35. The zero-order valence-electron chi connectivity index (χ0n) is 11.6. The number of likely N-dealkylation sites (tertiary alicyclic amines) is 1. The molecular weight excluding hydrogens is 224 g/mol. The lowest BCUT2D eigenvalue weighted by molar-refractivity contribution is -0.142. The van der Waals surface area contributed by atoms with Crippen molar-refractivity contribution in [3.63, 3.8) is 0 Å². The van der Waals surface area contributed by atoms with Crippen molar-refractivity contribution in [3.8, 4) is 0 Å². The van der Waals surface area contributed by atoms with Gasteiger partial charge in [0.05, 0.1) is 0 Å². The summed E-state index contributed by atoms with van der Waals surface area (Å²) in [6.07, 6.45) is 9.63. The predicted molar refractivity (Wildman–Crippen MR) is 72.3 cm³/mol. The summed E-state index contributed by atoms with van der Waals surface area (Å²) in [6.45, 7) is 4.33. The van der Waals surface area contributed by atoms with Gasteiger partial charge in [0, 0.05) is 24.0 Å². The molecule has 2 saturated heterocycles. The standard InChI is InChI=1S/C15H26N2O/c1-15(8-2-3-9-15)14(18)17-11-5-7-13(17)12-6-4-10-16-12/h12-13,16H,2-11H2,1H3. The first-order valence-corrected chi connectivity index (χ1v) is 7.75. The molecule has 0 aromatic rings. The van der Waals surface area contributed by atoms with Gasteiger partial charge in [-0.2, -0.15) is 0 Å². The van der Waals surface area contributed by atoms with E-state index in [0.29, 0.717) is 18.0 Å². The molecule has 2 aliphatic heterocycles. The van der Waals surface area contributed by atoms with Crippen molar-refractivity contribution in [2.45, 2.75) is 70.4 Å². The van der Waals surface area contributed by atoms with E-state index in [9.17, 15) is 4.79 Å². The minimum atomic E-state index is -0.0405. The fourth-order valence-electron chi connectivity index (χ4n) is 4.22. The summed E-state index contributed by atoms with van der Waals surface area (Å²) in [6, 6.07) is 1.05. The Balaban J connectivity index is 1.71. The van der Waals surface area contributed by atoms with Crippen molar-refractivity contribution in [1.82, 2.24) is 10.2 Å². The molecule has 3 aliphatic rings. The smallest absolute Gasteiger partial charge is 0.228 e. The molecule has 102 valence electrons. The minimum Gasteiger partial charge on any atom is -0.338 e. The van der Waals surface area contributed by atoms with Crippen molar-refractivity contribution in [2.75, 3.05) is 13.1 Å². The summed E-state index contributed by atoms with van der Waals surface area (Å²) in [5.74, 6) is 0.455. The van der Waals surface area contributed by atoms with Gasteiger partial charge in [-0.15, -0.1) is 0 Å². The van der Waals surface area contributed by atoms with Crippen LogP contribution < -0.4 is 5.32 Å². The number of hydrogen-bond acceptors (Lipinski definition) is 2. The van der Waals surface area contributed by atoms with Crippen LogP contribution in [0, 0.1) is 5.41 Å². The van der Waals surface area contributed by atoms with E-state index in [1.54, 1.807) is 0 Å². The van der Waals surface area contributed by atoms with E-state index in [0.717, 1.165) is 25.9 Å². The minimum absolute atomic E-state index is 0.0405. The second-order valence-electron chi connectivity index (χ2n) is 6.68. The molecule has 2 unspecified atom stereocenters. The van der Waals surface area contributed by atoms with Gasteiger partial charge in [0.1, 0.15) is 0 Å². The Morgan fingerprint density at radius 1 is 1.17 bits per heavy atom. The number of carbonyl (C=O) groups is 1. The maximum Gasteiger partial charge on any atom is 0.228 e. The molecule has 0 bridgehead atoms.